The van der Waals surface area contributed by atoms with Crippen LogP contribution in [0.2, 0.25) is 0 Å². The zero-order valence-corrected chi connectivity index (χ0v) is 13.9. The molecule has 4 heteroatoms. The molecule has 0 aromatic rings. The van der Waals surface area contributed by atoms with Gasteiger partial charge in [0.2, 0.25) is 0 Å². The van der Waals surface area contributed by atoms with Gasteiger partial charge in [-0.3, -0.25) is 4.90 Å². The SMILES string of the molecule is CCC1CNC(C(C)C)CN1CCCCOCCOC. The Morgan fingerprint density at radius 3 is 2.65 bits per heavy atom. The van der Waals surface area contributed by atoms with Crippen LogP contribution < -0.4 is 5.32 Å². The molecule has 1 heterocycles. The fourth-order valence-electron chi connectivity index (χ4n) is 2.77. The average Bonchev–Trinajstić information content (AvgIpc) is 2.46. The highest BCUT2D eigenvalue weighted by Gasteiger charge is 2.27. The van der Waals surface area contributed by atoms with Crippen LogP contribution in [0.25, 0.3) is 0 Å². The van der Waals surface area contributed by atoms with Crippen molar-refractivity contribution in [3.8, 4) is 0 Å². The van der Waals surface area contributed by atoms with E-state index in [2.05, 4.69) is 31.0 Å². The van der Waals surface area contributed by atoms with Crippen molar-refractivity contribution in [2.45, 2.75) is 52.1 Å². The zero-order valence-electron chi connectivity index (χ0n) is 13.9. The van der Waals surface area contributed by atoms with Crippen molar-refractivity contribution in [1.82, 2.24) is 10.2 Å². The maximum Gasteiger partial charge on any atom is 0.0700 e. The summed E-state index contributed by atoms with van der Waals surface area (Å²) in [6.07, 6.45) is 3.62. The molecule has 0 aliphatic carbocycles. The largest absolute Gasteiger partial charge is 0.382 e. The molecule has 0 bridgehead atoms. The van der Waals surface area contributed by atoms with E-state index in [0.717, 1.165) is 26.2 Å². The van der Waals surface area contributed by atoms with Crippen molar-refractivity contribution in [3.05, 3.63) is 0 Å². The summed E-state index contributed by atoms with van der Waals surface area (Å²) < 4.78 is 10.5. The molecule has 1 aliphatic heterocycles. The molecule has 4 nitrogen and oxygen atoms in total. The van der Waals surface area contributed by atoms with Crippen molar-refractivity contribution in [2.24, 2.45) is 5.92 Å². The second kappa shape index (κ2) is 10.6. The number of rotatable bonds is 10. The first-order valence-electron chi connectivity index (χ1n) is 8.23. The Balaban J connectivity index is 2.18. The summed E-state index contributed by atoms with van der Waals surface area (Å²) in [6, 6.07) is 1.36. The van der Waals surface area contributed by atoms with Crippen LogP contribution in [0.5, 0.6) is 0 Å². The fraction of sp³-hybridized carbons (Fsp3) is 1.00. The highest BCUT2D eigenvalue weighted by Crippen LogP contribution is 2.15. The number of ether oxygens (including phenoxy) is 2. The molecule has 0 amide bonds. The minimum Gasteiger partial charge on any atom is -0.382 e. The second-order valence-electron chi connectivity index (χ2n) is 6.13. The van der Waals surface area contributed by atoms with Gasteiger partial charge in [0.1, 0.15) is 0 Å². The number of piperazine rings is 1. The van der Waals surface area contributed by atoms with Crippen LogP contribution in [0, 0.1) is 5.92 Å². The van der Waals surface area contributed by atoms with Crippen molar-refractivity contribution in [2.75, 3.05) is 46.6 Å². The first-order valence-corrected chi connectivity index (χ1v) is 8.23. The molecule has 0 radical (unpaired) electrons. The maximum atomic E-state index is 5.52. The van der Waals surface area contributed by atoms with E-state index in [1.807, 2.05) is 0 Å². The molecule has 1 aliphatic rings. The summed E-state index contributed by atoms with van der Waals surface area (Å²) in [4.78, 5) is 2.68. The summed E-state index contributed by atoms with van der Waals surface area (Å²) in [5.74, 6) is 0.715. The van der Waals surface area contributed by atoms with Crippen molar-refractivity contribution < 1.29 is 9.47 Å². The van der Waals surface area contributed by atoms with Gasteiger partial charge in [-0.25, -0.2) is 0 Å². The van der Waals surface area contributed by atoms with Crippen LogP contribution in [0.15, 0.2) is 0 Å². The molecular formula is C16H34N2O2. The number of nitrogens with one attached hydrogen (secondary N) is 1. The molecule has 0 saturated carbocycles. The molecule has 120 valence electrons. The van der Waals surface area contributed by atoms with Gasteiger partial charge in [-0.05, 0) is 31.7 Å². The predicted molar refractivity (Wildman–Crippen MR) is 84.2 cm³/mol. The quantitative estimate of drug-likeness (QED) is 0.624. The third-order valence-corrected chi connectivity index (χ3v) is 4.26. The van der Waals surface area contributed by atoms with Crippen LogP contribution in [0.1, 0.15) is 40.0 Å². The Hall–Kier alpha value is -0.160. The molecule has 20 heavy (non-hydrogen) atoms. The Morgan fingerprint density at radius 2 is 2.00 bits per heavy atom. The highest BCUT2D eigenvalue weighted by molar-refractivity contribution is 4.86. The molecule has 0 spiro atoms. The van der Waals surface area contributed by atoms with E-state index in [1.54, 1.807) is 7.11 Å². The summed E-state index contributed by atoms with van der Waals surface area (Å²) in [5.41, 5.74) is 0. The Labute approximate surface area is 125 Å². The van der Waals surface area contributed by atoms with Gasteiger partial charge >= 0.3 is 0 Å². The molecular weight excluding hydrogens is 252 g/mol. The van der Waals surface area contributed by atoms with Gasteiger partial charge in [0.05, 0.1) is 13.2 Å². The van der Waals surface area contributed by atoms with Crippen molar-refractivity contribution >= 4 is 0 Å². The Morgan fingerprint density at radius 1 is 1.20 bits per heavy atom. The van der Waals surface area contributed by atoms with E-state index < -0.39 is 0 Å². The minimum atomic E-state index is 0.649. The third-order valence-electron chi connectivity index (χ3n) is 4.26. The van der Waals surface area contributed by atoms with Crippen LogP contribution in [-0.4, -0.2) is 63.5 Å². The first kappa shape index (κ1) is 17.9. The second-order valence-corrected chi connectivity index (χ2v) is 6.13. The zero-order chi connectivity index (χ0) is 14.8. The normalized spacial score (nSPS) is 24.4. The van der Waals surface area contributed by atoms with Gasteiger partial charge < -0.3 is 14.8 Å². The lowest BCUT2D eigenvalue weighted by molar-refractivity contribution is 0.0640. The standard InChI is InChI=1S/C16H34N2O2/c1-5-15-12-17-16(14(2)3)13-18(15)8-6-7-9-20-11-10-19-4/h14-17H,5-13H2,1-4H3. The van der Waals surface area contributed by atoms with E-state index in [9.17, 15) is 0 Å². The van der Waals surface area contributed by atoms with Gasteiger partial charge in [0.15, 0.2) is 0 Å². The molecule has 1 N–H and O–H groups in total. The molecule has 1 rings (SSSR count). The molecule has 1 saturated heterocycles. The van der Waals surface area contributed by atoms with E-state index in [-0.39, 0.29) is 0 Å². The minimum absolute atomic E-state index is 0.649. The number of hydrogen-bond donors (Lipinski definition) is 1. The van der Waals surface area contributed by atoms with Gasteiger partial charge in [0, 0.05) is 38.9 Å². The van der Waals surface area contributed by atoms with Crippen LogP contribution in [0.3, 0.4) is 0 Å². The highest BCUT2D eigenvalue weighted by atomic mass is 16.5. The van der Waals surface area contributed by atoms with Gasteiger partial charge in [-0.2, -0.15) is 0 Å². The fourth-order valence-corrected chi connectivity index (χ4v) is 2.77. The molecule has 2 unspecified atom stereocenters. The van der Waals surface area contributed by atoms with Crippen LogP contribution >= 0.6 is 0 Å². The maximum absolute atomic E-state index is 5.52. The molecule has 0 aromatic carbocycles. The number of nitrogens with zero attached hydrogens (tertiary/aromatic N) is 1. The summed E-state index contributed by atoms with van der Waals surface area (Å²) >= 11 is 0. The average molecular weight is 286 g/mol. The Bertz CT molecular complexity index is 237. The van der Waals surface area contributed by atoms with E-state index in [4.69, 9.17) is 9.47 Å². The van der Waals surface area contributed by atoms with Gasteiger partial charge in [-0.15, -0.1) is 0 Å². The van der Waals surface area contributed by atoms with Crippen LogP contribution in [0.4, 0.5) is 0 Å². The van der Waals surface area contributed by atoms with Gasteiger partial charge in [-0.1, -0.05) is 20.8 Å². The predicted octanol–water partition coefficient (Wildman–Crippen LogP) is 2.14. The lowest BCUT2D eigenvalue weighted by Gasteiger charge is -2.41. The Kier molecular flexibility index (Phi) is 9.44. The van der Waals surface area contributed by atoms with Crippen LogP contribution in [-0.2, 0) is 9.47 Å². The molecule has 0 aromatic heterocycles. The number of hydrogen-bond acceptors (Lipinski definition) is 4. The number of unbranched alkanes of at least 4 members (excludes halogenated alkanes) is 1. The third kappa shape index (κ3) is 6.53. The van der Waals surface area contributed by atoms with Crippen molar-refractivity contribution in [3.63, 3.8) is 0 Å². The lowest BCUT2D eigenvalue weighted by atomic mass is 9.98. The summed E-state index contributed by atoms with van der Waals surface area (Å²) in [6.45, 7) is 12.7. The van der Waals surface area contributed by atoms with Crippen molar-refractivity contribution in [1.29, 1.82) is 0 Å². The number of methoxy groups -OCH3 is 1. The summed E-state index contributed by atoms with van der Waals surface area (Å²) in [7, 11) is 1.71. The lowest BCUT2D eigenvalue weighted by Crippen LogP contribution is -2.58. The topological polar surface area (TPSA) is 33.7 Å². The molecule has 1 fully saturated rings. The summed E-state index contributed by atoms with van der Waals surface area (Å²) in [5, 5.41) is 3.69. The smallest absolute Gasteiger partial charge is 0.0700 e. The van der Waals surface area contributed by atoms with E-state index >= 15 is 0 Å². The first-order chi connectivity index (χ1) is 9.69. The molecule has 2 atom stereocenters. The van der Waals surface area contributed by atoms with E-state index in [0.29, 0.717) is 24.6 Å². The van der Waals surface area contributed by atoms with Gasteiger partial charge in [0.25, 0.3) is 0 Å². The van der Waals surface area contributed by atoms with E-state index in [1.165, 1.54) is 25.9 Å². The monoisotopic (exact) mass is 286 g/mol.